The normalized spacial score (nSPS) is 14.8. The Morgan fingerprint density at radius 1 is 1.20 bits per heavy atom. The summed E-state index contributed by atoms with van der Waals surface area (Å²) in [6.07, 6.45) is 1.56. The number of amides is 1. The number of aliphatic hydroxyl groups is 1. The number of carbonyl (C=O) groups is 1. The van der Waals surface area contributed by atoms with Crippen LogP contribution in [-0.4, -0.2) is 28.1 Å². The largest absolute Gasteiger partial charge is 0.481 e. The van der Waals surface area contributed by atoms with Crippen LogP contribution in [0.1, 0.15) is 36.5 Å². The van der Waals surface area contributed by atoms with Gasteiger partial charge in [-0.25, -0.2) is 0 Å². The highest BCUT2D eigenvalue weighted by Crippen LogP contribution is 2.29. The smallest absolute Gasteiger partial charge is 0.263 e. The van der Waals surface area contributed by atoms with Gasteiger partial charge >= 0.3 is 0 Å². The molecule has 1 aliphatic carbocycles. The zero-order chi connectivity index (χ0) is 17.8. The first-order valence-electron chi connectivity index (χ1n) is 8.79. The van der Waals surface area contributed by atoms with Crippen LogP contribution < -0.4 is 4.74 Å². The van der Waals surface area contributed by atoms with Crippen LogP contribution in [0.5, 0.6) is 5.75 Å². The van der Waals surface area contributed by atoms with Crippen molar-refractivity contribution in [1.29, 1.82) is 0 Å². The number of aliphatic hydroxyl groups excluding tert-OH is 1. The Morgan fingerprint density at radius 2 is 1.92 bits per heavy atom. The van der Waals surface area contributed by atoms with Crippen molar-refractivity contribution < 1.29 is 14.6 Å². The van der Waals surface area contributed by atoms with Gasteiger partial charge in [-0.15, -0.1) is 0 Å². The Hall–Kier alpha value is -2.33. The number of rotatable bonds is 7. The molecular weight excluding hydrogens is 314 g/mol. The Morgan fingerprint density at radius 3 is 2.60 bits per heavy atom. The van der Waals surface area contributed by atoms with E-state index >= 15 is 0 Å². The number of hydrogen-bond donors (Lipinski definition) is 1. The van der Waals surface area contributed by atoms with Gasteiger partial charge in [-0.1, -0.05) is 42.0 Å². The maximum atomic E-state index is 12.9. The van der Waals surface area contributed by atoms with Gasteiger partial charge in [-0.2, -0.15) is 0 Å². The summed E-state index contributed by atoms with van der Waals surface area (Å²) in [5.74, 6) is 0.622. The van der Waals surface area contributed by atoms with E-state index in [-0.39, 0.29) is 12.5 Å². The molecule has 0 spiro atoms. The highest BCUT2D eigenvalue weighted by atomic mass is 16.5. The lowest BCUT2D eigenvalue weighted by Crippen LogP contribution is -2.41. The SMILES string of the molecule is Cc1cccc(CN(C(=O)C(C)Oc2cccc(CO)c2)C2CC2)c1. The van der Waals surface area contributed by atoms with Crippen molar-refractivity contribution in [3.05, 3.63) is 65.2 Å². The average Bonchev–Trinajstić information content (AvgIpc) is 3.44. The summed E-state index contributed by atoms with van der Waals surface area (Å²) in [6, 6.07) is 15.8. The third-order valence-corrected chi connectivity index (χ3v) is 4.45. The van der Waals surface area contributed by atoms with E-state index in [0.29, 0.717) is 18.3 Å². The second-order valence-corrected chi connectivity index (χ2v) is 6.75. The molecule has 0 saturated heterocycles. The average molecular weight is 339 g/mol. The molecule has 132 valence electrons. The Balaban J connectivity index is 1.69. The van der Waals surface area contributed by atoms with Crippen LogP contribution in [0.3, 0.4) is 0 Å². The quantitative estimate of drug-likeness (QED) is 0.840. The number of hydrogen-bond acceptors (Lipinski definition) is 3. The molecule has 3 rings (SSSR count). The van der Waals surface area contributed by atoms with Crippen molar-refractivity contribution in [1.82, 2.24) is 4.90 Å². The predicted molar refractivity (Wildman–Crippen MR) is 97.2 cm³/mol. The summed E-state index contributed by atoms with van der Waals surface area (Å²) in [6.45, 7) is 4.43. The van der Waals surface area contributed by atoms with Crippen molar-refractivity contribution in [3.63, 3.8) is 0 Å². The molecule has 1 aliphatic rings. The van der Waals surface area contributed by atoms with Crippen molar-refractivity contribution in [3.8, 4) is 5.75 Å². The maximum absolute atomic E-state index is 12.9. The molecule has 1 N–H and O–H groups in total. The van der Waals surface area contributed by atoms with Gasteiger partial charge in [0.05, 0.1) is 6.61 Å². The van der Waals surface area contributed by atoms with E-state index in [1.165, 1.54) is 5.56 Å². The van der Waals surface area contributed by atoms with Crippen LogP contribution >= 0.6 is 0 Å². The van der Waals surface area contributed by atoms with Gasteiger partial charge in [0, 0.05) is 12.6 Å². The number of carbonyl (C=O) groups excluding carboxylic acids is 1. The Kier molecular flexibility index (Phi) is 5.39. The van der Waals surface area contributed by atoms with Crippen LogP contribution in [0, 0.1) is 6.92 Å². The standard InChI is InChI=1S/C21H25NO3/c1-15-5-3-6-17(11-15)13-22(19-9-10-19)21(24)16(2)25-20-8-4-7-18(12-20)14-23/h3-8,11-12,16,19,23H,9-10,13-14H2,1-2H3. The molecule has 1 fully saturated rings. The molecular formula is C21H25NO3. The van der Waals surface area contributed by atoms with Crippen LogP contribution in [0.15, 0.2) is 48.5 Å². The number of nitrogens with zero attached hydrogens (tertiary/aromatic N) is 1. The Bertz CT molecular complexity index is 739. The summed E-state index contributed by atoms with van der Waals surface area (Å²) in [5, 5.41) is 9.23. The molecule has 0 radical (unpaired) electrons. The van der Waals surface area contributed by atoms with Crippen molar-refractivity contribution in [2.45, 2.75) is 52.0 Å². The van der Waals surface area contributed by atoms with Gasteiger partial charge in [-0.3, -0.25) is 4.79 Å². The molecule has 0 bridgehead atoms. The molecule has 2 aromatic carbocycles. The monoisotopic (exact) mass is 339 g/mol. The van der Waals surface area contributed by atoms with Gasteiger partial charge < -0.3 is 14.7 Å². The van der Waals surface area contributed by atoms with E-state index in [0.717, 1.165) is 24.0 Å². The lowest BCUT2D eigenvalue weighted by atomic mass is 10.1. The van der Waals surface area contributed by atoms with E-state index in [9.17, 15) is 9.90 Å². The minimum absolute atomic E-state index is 0.0124. The van der Waals surface area contributed by atoms with Crippen LogP contribution in [0.25, 0.3) is 0 Å². The second-order valence-electron chi connectivity index (χ2n) is 6.75. The van der Waals surface area contributed by atoms with Crippen LogP contribution in [0.2, 0.25) is 0 Å². The summed E-state index contributed by atoms with van der Waals surface area (Å²) >= 11 is 0. The minimum atomic E-state index is -0.556. The third-order valence-electron chi connectivity index (χ3n) is 4.45. The van der Waals surface area contributed by atoms with Crippen molar-refractivity contribution in [2.75, 3.05) is 0 Å². The Labute approximate surface area is 149 Å². The molecule has 1 unspecified atom stereocenters. The first-order chi connectivity index (χ1) is 12.1. The van der Waals surface area contributed by atoms with Crippen LogP contribution in [0.4, 0.5) is 0 Å². The van der Waals surface area contributed by atoms with E-state index < -0.39 is 6.10 Å². The zero-order valence-corrected chi connectivity index (χ0v) is 14.8. The summed E-state index contributed by atoms with van der Waals surface area (Å²) < 4.78 is 5.84. The lowest BCUT2D eigenvalue weighted by Gasteiger charge is -2.26. The molecule has 0 aromatic heterocycles. The molecule has 1 atom stereocenters. The molecule has 2 aromatic rings. The van der Waals surface area contributed by atoms with Crippen LogP contribution in [-0.2, 0) is 17.9 Å². The van der Waals surface area contributed by atoms with Crippen molar-refractivity contribution >= 4 is 5.91 Å². The van der Waals surface area contributed by atoms with Gasteiger partial charge in [0.25, 0.3) is 5.91 Å². The first kappa shape index (κ1) is 17.5. The number of aryl methyl sites for hydroxylation is 1. The molecule has 0 aliphatic heterocycles. The molecule has 4 nitrogen and oxygen atoms in total. The van der Waals surface area contributed by atoms with Gasteiger partial charge in [-0.05, 0) is 49.9 Å². The van der Waals surface area contributed by atoms with Gasteiger partial charge in [0.15, 0.2) is 6.10 Å². The fourth-order valence-electron chi connectivity index (χ4n) is 2.99. The fourth-order valence-corrected chi connectivity index (χ4v) is 2.99. The van der Waals surface area contributed by atoms with Gasteiger partial charge in [0.1, 0.15) is 5.75 Å². The predicted octanol–water partition coefficient (Wildman–Crippen LogP) is 3.45. The number of benzene rings is 2. The highest BCUT2D eigenvalue weighted by Gasteiger charge is 2.35. The summed E-state index contributed by atoms with van der Waals surface area (Å²) in [4.78, 5) is 14.9. The molecule has 25 heavy (non-hydrogen) atoms. The summed E-state index contributed by atoms with van der Waals surface area (Å²) in [5.41, 5.74) is 3.12. The lowest BCUT2D eigenvalue weighted by molar-refractivity contribution is -0.139. The molecule has 0 heterocycles. The number of ether oxygens (including phenoxy) is 1. The first-order valence-corrected chi connectivity index (χ1v) is 8.79. The topological polar surface area (TPSA) is 49.8 Å². The maximum Gasteiger partial charge on any atom is 0.263 e. The molecule has 1 amide bonds. The second kappa shape index (κ2) is 7.70. The van der Waals surface area contributed by atoms with E-state index in [1.807, 2.05) is 29.2 Å². The minimum Gasteiger partial charge on any atom is -0.481 e. The molecule has 4 heteroatoms. The summed E-state index contributed by atoms with van der Waals surface area (Å²) in [7, 11) is 0. The third kappa shape index (κ3) is 4.60. The van der Waals surface area contributed by atoms with E-state index in [2.05, 4.69) is 25.1 Å². The molecule has 1 saturated carbocycles. The zero-order valence-electron chi connectivity index (χ0n) is 14.8. The van der Waals surface area contributed by atoms with Crippen molar-refractivity contribution in [2.24, 2.45) is 0 Å². The highest BCUT2D eigenvalue weighted by molar-refractivity contribution is 5.81. The van der Waals surface area contributed by atoms with E-state index in [1.54, 1.807) is 13.0 Å². The van der Waals surface area contributed by atoms with E-state index in [4.69, 9.17) is 4.74 Å². The fraction of sp³-hybridized carbons (Fsp3) is 0.381. The van der Waals surface area contributed by atoms with Gasteiger partial charge in [0.2, 0.25) is 0 Å².